The molecule has 0 atom stereocenters. The highest BCUT2D eigenvalue weighted by Crippen LogP contribution is 2.19. The second-order valence-corrected chi connectivity index (χ2v) is 5.00. The van der Waals surface area contributed by atoms with E-state index in [2.05, 4.69) is 4.99 Å². The van der Waals surface area contributed by atoms with E-state index in [-0.39, 0.29) is 5.91 Å². The maximum atomic E-state index is 12.1. The van der Waals surface area contributed by atoms with Gasteiger partial charge in [0.15, 0.2) is 4.80 Å². The Morgan fingerprint density at radius 2 is 2.26 bits per heavy atom. The molecule has 1 aromatic carbocycles. The van der Waals surface area contributed by atoms with Crippen molar-refractivity contribution in [1.82, 2.24) is 4.57 Å². The van der Waals surface area contributed by atoms with Crippen LogP contribution in [0.3, 0.4) is 0 Å². The zero-order valence-corrected chi connectivity index (χ0v) is 12.0. The van der Waals surface area contributed by atoms with Crippen LogP contribution >= 0.6 is 11.3 Å². The van der Waals surface area contributed by atoms with Crippen molar-refractivity contribution in [1.29, 1.82) is 0 Å². The minimum absolute atomic E-state index is 0.232. The molecule has 0 saturated carbocycles. The number of carbonyl (C=O) groups excluding carboxylic acids is 1. The zero-order valence-electron chi connectivity index (χ0n) is 11.2. The lowest BCUT2D eigenvalue weighted by molar-refractivity contribution is 0.0997. The molecule has 2 aromatic rings. The van der Waals surface area contributed by atoms with Crippen LogP contribution in [0, 0.1) is 6.92 Å². The number of carbonyl (C=O) groups is 1. The summed E-state index contributed by atoms with van der Waals surface area (Å²) in [5.74, 6) is 0.574. The highest BCUT2D eigenvalue weighted by molar-refractivity contribution is 7.07. The number of aromatic nitrogens is 1. The Morgan fingerprint density at radius 3 is 2.84 bits per heavy atom. The number of rotatable bonds is 3. The Labute approximate surface area is 116 Å². The molecule has 0 unspecified atom stereocenters. The van der Waals surface area contributed by atoms with Gasteiger partial charge >= 0.3 is 0 Å². The van der Waals surface area contributed by atoms with Crippen molar-refractivity contribution in [2.75, 3.05) is 6.61 Å². The van der Waals surface area contributed by atoms with E-state index in [0.29, 0.717) is 17.0 Å². The van der Waals surface area contributed by atoms with Crippen LogP contribution in [0.25, 0.3) is 0 Å². The van der Waals surface area contributed by atoms with Crippen molar-refractivity contribution < 1.29 is 9.53 Å². The van der Waals surface area contributed by atoms with Crippen LogP contribution in [0.1, 0.15) is 22.8 Å². The number of amides is 1. The molecule has 0 radical (unpaired) electrons. The number of nitrogens with zero attached hydrogens (tertiary/aromatic N) is 2. The molecule has 5 heteroatoms. The molecule has 1 amide bonds. The van der Waals surface area contributed by atoms with Gasteiger partial charge in [-0.2, -0.15) is 4.99 Å². The molecule has 0 aliphatic carbocycles. The zero-order chi connectivity index (χ0) is 13.8. The minimum atomic E-state index is -0.232. The largest absolute Gasteiger partial charge is 0.494 e. The fourth-order valence-electron chi connectivity index (χ4n) is 1.69. The van der Waals surface area contributed by atoms with Gasteiger partial charge in [0.1, 0.15) is 5.75 Å². The van der Waals surface area contributed by atoms with E-state index >= 15 is 0 Å². The molecule has 100 valence electrons. The van der Waals surface area contributed by atoms with Gasteiger partial charge < -0.3 is 9.30 Å². The maximum absolute atomic E-state index is 12.1. The van der Waals surface area contributed by atoms with Crippen LogP contribution in [0.2, 0.25) is 0 Å². The lowest BCUT2D eigenvalue weighted by atomic mass is 10.1. The van der Waals surface area contributed by atoms with Crippen LogP contribution in [-0.2, 0) is 7.05 Å². The summed E-state index contributed by atoms with van der Waals surface area (Å²) in [6.45, 7) is 4.47. The summed E-state index contributed by atoms with van der Waals surface area (Å²) < 4.78 is 7.28. The fourth-order valence-corrected chi connectivity index (χ4v) is 2.41. The molecular weight excluding hydrogens is 260 g/mol. The average molecular weight is 276 g/mol. The second kappa shape index (κ2) is 5.84. The average Bonchev–Trinajstić information content (AvgIpc) is 2.78. The minimum Gasteiger partial charge on any atom is -0.494 e. The Hall–Kier alpha value is -1.88. The van der Waals surface area contributed by atoms with E-state index in [0.717, 1.165) is 11.3 Å². The van der Waals surface area contributed by atoms with Crippen molar-refractivity contribution in [2.24, 2.45) is 12.0 Å². The molecule has 19 heavy (non-hydrogen) atoms. The first-order valence-electron chi connectivity index (χ1n) is 6.04. The van der Waals surface area contributed by atoms with Gasteiger partial charge in [0.25, 0.3) is 5.91 Å². The summed E-state index contributed by atoms with van der Waals surface area (Å²) in [5, 5.41) is 1.90. The molecule has 0 N–H and O–H groups in total. The van der Waals surface area contributed by atoms with Gasteiger partial charge in [-0.3, -0.25) is 4.79 Å². The van der Waals surface area contributed by atoms with Gasteiger partial charge in [0, 0.05) is 24.2 Å². The first kappa shape index (κ1) is 13.5. The Morgan fingerprint density at radius 1 is 1.47 bits per heavy atom. The van der Waals surface area contributed by atoms with Crippen LogP contribution in [0.15, 0.2) is 34.8 Å². The number of hydrogen-bond acceptors (Lipinski definition) is 3. The van der Waals surface area contributed by atoms with Crippen molar-refractivity contribution >= 4 is 17.2 Å². The van der Waals surface area contributed by atoms with Gasteiger partial charge in [-0.05, 0) is 37.6 Å². The van der Waals surface area contributed by atoms with Crippen molar-refractivity contribution in [2.45, 2.75) is 13.8 Å². The molecule has 2 rings (SSSR count). The van der Waals surface area contributed by atoms with Crippen molar-refractivity contribution in [3.63, 3.8) is 0 Å². The summed E-state index contributed by atoms with van der Waals surface area (Å²) in [6.07, 6.45) is 1.88. The highest BCUT2D eigenvalue weighted by Gasteiger charge is 2.07. The molecule has 0 saturated heterocycles. The predicted molar refractivity (Wildman–Crippen MR) is 75.5 cm³/mol. The van der Waals surface area contributed by atoms with Crippen LogP contribution in [0.5, 0.6) is 5.75 Å². The summed E-state index contributed by atoms with van der Waals surface area (Å²) >= 11 is 1.44. The lowest BCUT2D eigenvalue weighted by Crippen LogP contribution is -2.12. The number of ether oxygens (including phenoxy) is 1. The molecule has 0 spiro atoms. The van der Waals surface area contributed by atoms with Gasteiger partial charge in [0.05, 0.1) is 6.61 Å². The fraction of sp³-hybridized carbons (Fsp3) is 0.286. The second-order valence-electron chi connectivity index (χ2n) is 4.13. The van der Waals surface area contributed by atoms with Gasteiger partial charge in [-0.1, -0.05) is 0 Å². The third kappa shape index (κ3) is 3.12. The first-order valence-corrected chi connectivity index (χ1v) is 6.92. The summed E-state index contributed by atoms with van der Waals surface area (Å²) in [4.78, 5) is 16.9. The Kier molecular flexibility index (Phi) is 4.16. The number of aryl methyl sites for hydroxylation is 2. The standard InChI is InChI=1S/C14H16N2O2S/c1-4-18-12-6-5-11(9-10(12)2)13(17)15-14-16(3)7-8-19-14/h5-9H,4H2,1-3H3. The topological polar surface area (TPSA) is 43.6 Å². The SMILES string of the molecule is CCOc1ccc(C(=O)N=c2sccn2C)cc1C. The van der Waals surface area contributed by atoms with Gasteiger partial charge in [0.2, 0.25) is 0 Å². The Bertz CT molecular complexity index is 655. The third-order valence-corrected chi connectivity index (χ3v) is 3.53. The van der Waals surface area contributed by atoms with E-state index in [1.54, 1.807) is 6.07 Å². The van der Waals surface area contributed by atoms with Crippen LogP contribution in [-0.4, -0.2) is 17.1 Å². The van der Waals surface area contributed by atoms with E-state index in [9.17, 15) is 4.79 Å². The van der Waals surface area contributed by atoms with Crippen molar-refractivity contribution in [3.8, 4) is 5.75 Å². The normalized spacial score (nSPS) is 11.6. The number of thiazole rings is 1. The van der Waals surface area contributed by atoms with Crippen LogP contribution in [0.4, 0.5) is 0 Å². The van der Waals surface area contributed by atoms with E-state index < -0.39 is 0 Å². The summed E-state index contributed by atoms with van der Waals surface area (Å²) in [7, 11) is 1.87. The smallest absolute Gasteiger partial charge is 0.279 e. The van der Waals surface area contributed by atoms with Gasteiger partial charge in [-0.25, -0.2) is 0 Å². The highest BCUT2D eigenvalue weighted by atomic mass is 32.1. The third-order valence-electron chi connectivity index (χ3n) is 2.68. The molecule has 0 bridgehead atoms. The first-order chi connectivity index (χ1) is 9.11. The Balaban J connectivity index is 2.31. The number of hydrogen-bond donors (Lipinski definition) is 0. The van der Waals surface area contributed by atoms with E-state index in [4.69, 9.17) is 4.74 Å². The molecule has 4 nitrogen and oxygen atoms in total. The molecule has 1 heterocycles. The van der Waals surface area contributed by atoms with E-state index in [1.165, 1.54) is 11.3 Å². The monoisotopic (exact) mass is 276 g/mol. The van der Waals surface area contributed by atoms with E-state index in [1.807, 2.05) is 49.2 Å². The summed E-state index contributed by atoms with van der Waals surface area (Å²) in [6, 6.07) is 5.37. The van der Waals surface area contributed by atoms with Crippen molar-refractivity contribution in [3.05, 3.63) is 45.7 Å². The lowest BCUT2D eigenvalue weighted by Gasteiger charge is -2.07. The maximum Gasteiger partial charge on any atom is 0.279 e. The van der Waals surface area contributed by atoms with Crippen LogP contribution < -0.4 is 9.54 Å². The quantitative estimate of drug-likeness (QED) is 0.864. The molecule has 0 aliphatic rings. The summed E-state index contributed by atoms with van der Waals surface area (Å²) in [5.41, 5.74) is 1.52. The number of benzene rings is 1. The molecule has 0 aliphatic heterocycles. The molecule has 0 fully saturated rings. The predicted octanol–water partition coefficient (Wildman–Crippen LogP) is 2.53. The van der Waals surface area contributed by atoms with Gasteiger partial charge in [-0.15, -0.1) is 11.3 Å². The molecule has 1 aromatic heterocycles. The molecular formula is C14H16N2O2S.